The molecule has 4 aromatic rings. The monoisotopic (exact) mass is 517 g/mol. The van der Waals surface area contributed by atoms with Crippen molar-refractivity contribution in [3.8, 4) is 11.5 Å². The number of amides is 1. The van der Waals surface area contributed by atoms with E-state index >= 15 is 0 Å². The molecule has 0 bridgehead atoms. The summed E-state index contributed by atoms with van der Waals surface area (Å²) in [4.78, 5) is 16.3. The molecule has 7 nitrogen and oxygen atoms in total. The molecule has 7 heteroatoms. The normalized spacial score (nSPS) is 10.7. The van der Waals surface area contributed by atoms with Crippen molar-refractivity contribution < 1.29 is 19.0 Å². The van der Waals surface area contributed by atoms with Gasteiger partial charge in [-0.25, -0.2) is 0 Å². The summed E-state index contributed by atoms with van der Waals surface area (Å²) in [6.07, 6.45) is 4.42. The molecular formula is C31H39N3O4. The van der Waals surface area contributed by atoms with Gasteiger partial charge in [0.15, 0.2) is 6.61 Å². The Labute approximate surface area is 225 Å². The van der Waals surface area contributed by atoms with Crippen molar-refractivity contribution in [1.82, 2.24) is 9.88 Å². The third-order valence-corrected chi connectivity index (χ3v) is 6.24. The zero-order valence-corrected chi connectivity index (χ0v) is 22.6. The Morgan fingerprint density at radius 1 is 0.947 bits per heavy atom. The molecule has 3 aromatic carbocycles. The number of aromatic amines is 1. The van der Waals surface area contributed by atoms with E-state index in [1.165, 1.54) is 22.0 Å². The average Bonchev–Trinajstić information content (AvgIpc) is 3.36. The van der Waals surface area contributed by atoms with Crippen molar-refractivity contribution in [3.05, 3.63) is 95.7 Å². The van der Waals surface area contributed by atoms with Gasteiger partial charge in [-0.2, -0.15) is 0 Å². The van der Waals surface area contributed by atoms with Crippen molar-refractivity contribution in [1.29, 1.82) is 0 Å². The minimum Gasteiger partial charge on any atom is -0.496 e. The summed E-state index contributed by atoms with van der Waals surface area (Å²) in [5.74, 6) is 1.13. The Morgan fingerprint density at radius 2 is 1.68 bits per heavy atom. The van der Waals surface area contributed by atoms with Crippen LogP contribution in [0.5, 0.6) is 11.5 Å². The molecule has 3 N–H and O–H groups in total. The van der Waals surface area contributed by atoms with Gasteiger partial charge in [0.1, 0.15) is 11.5 Å². The molecule has 0 aliphatic heterocycles. The zero-order valence-electron chi connectivity index (χ0n) is 22.6. The van der Waals surface area contributed by atoms with E-state index in [9.17, 15) is 4.79 Å². The number of fused-ring (bicyclic) bond motifs is 1. The Morgan fingerprint density at radius 3 is 2.39 bits per heavy atom. The summed E-state index contributed by atoms with van der Waals surface area (Å²) >= 11 is 0. The fraction of sp³-hybridized carbons (Fsp3) is 0.323. The minimum absolute atomic E-state index is 0.0936. The fourth-order valence-electron chi connectivity index (χ4n) is 4.26. The molecule has 0 saturated carbocycles. The maximum absolute atomic E-state index is 10.4. The predicted octanol–water partition coefficient (Wildman–Crippen LogP) is 5.33. The highest BCUT2D eigenvalue weighted by Gasteiger charge is 2.09. The van der Waals surface area contributed by atoms with Gasteiger partial charge in [-0.1, -0.05) is 55.5 Å². The molecule has 0 unspecified atom stereocenters. The SMILES string of the molecule is CCN(CCCc1c[nH]c2ccccc12)Cc1ccccc1OC.COCc1ccc(OCC(N)=O)cc1. The number of carbonyl (C=O) groups is 1. The standard InChI is InChI=1S/C21H26N2O.C10H13NO3/c1-3-23(16-18-9-4-7-13-21(18)24-2)14-8-10-17-15-22-20-12-6-5-11-19(17)20;1-13-6-8-2-4-9(5-3-8)14-7-10(11)12/h4-7,9,11-13,15,22H,3,8,10,14,16H2,1-2H3;2-5H,6-7H2,1H3,(H2,11,12). The number of aryl methyl sites for hydroxylation is 1. The molecule has 0 radical (unpaired) electrons. The van der Waals surface area contributed by atoms with Gasteiger partial charge in [0.2, 0.25) is 0 Å². The van der Waals surface area contributed by atoms with Crippen LogP contribution in [0.15, 0.2) is 79.0 Å². The first-order chi connectivity index (χ1) is 18.5. The third kappa shape index (κ3) is 8.94. The number of primary amides is 1. The highest BCUT2D eigenvalue weighted by molar-refractivity contribution is 5.83. The highest BCUT2D eigenvalue weighted by atomic mass is 16.5. The maximum atomic E-state index is 10.4. The number of benzene rings is 3. The van der Waals surface area contributed by atoms with Gasteiger partial charge in [0.05, 0.1) is 13.7 Å². The largest absolute Gasteiger partial charge is 0.496 e. The van der Waals surface area contributed by atoms with Crippen LogP contribution < -0.4 is 15.2 Å². The maximum Gasteiger partial charge on any atom is 0.255 e. The molecule has 0 aliphatic carbocycles. The van der Waals surface area contributed by atoms with E-state index in [0.717, 1.165) is 43.8 Å². The summed E-state index contributed by atoms with van der Waals surface area (Å²) in [7, 11) is 3.38. The van der Waals surface area contributed by atoms with Gasteiger partial charge >= 0.3 is 0 Å². The van der Waals surface area contributed by atoms with Crippen LogP contribution in [0.25, 0.3) is 10.9 Å². The summed E-state index contributed by atoms with van der Waals surface area (Å²) < 4.78 is 15.5. The molecule has 202 valence electrons. The summed E-state index contributed by atoms with van der Waals surface area (Å²) in [6.45, 7) is 5.77. The number of nitrogens with zero attached hydrogens (tertiary/aromatic N) is 1. The van der Waals surface area contributed by atoms with E-state index in [1.54, 1.807) is 26.4 Å². The molecule has 1 heterocycles. The first-order valence-corrected chi connectivity index (χ1v) is 12.9. The van der Waals surface area contributed by atoms with Gasteiger partial charge in [0, 0.05) is 36.3 Å². The molecule has 0 atom stereocenters. The van der Waals surface area contributed by atoms with Crippen LogP contribution in [0.1, 0.15) is 30.0 Å². The third-order valence-electron chi connectivity index (χ3n) is 6.24. The van der Waals surface area contributed by atoms with Crippen molar-refractivity contribution in [3.63, 3.8) is 0 Å². The minimum atomic E-state index is -0.481. The Bertz CT molecular complexity index is 1250. The summed E-state index contributed by atoms with van der Waals surface area (Å²) in [5.41, 5.74) is 9.89. The van der Waals surface area contributed by atoms with Gasteiger partial charge in [-0.3, -0.25) is 9.69 Å². The average molecular weight is 518 g/mol. The van der Waals surface area contributed by atoms with E-state index in [1.807, 2.05) is 24.3 Å². The van der Waals surface area contributed by atoms with Gasteiger partial charge in [-0.05, 0) is 61.3 Å². The fourth-order valence-corrected chi connectivity index (χ4v) is 4.26. The predicted molar refractivity (Wildman–Crippen MR) is 152 cm³/mol. The Hall–Kier alpha value is -3.81. The number of para-hydroxylation sites is 2. The van der Waals surface area contributed by atoms with Crippen LogP contribution in [0.2, 0.25) is 0 Å². The van der Waals surface area contributed by atoms with E-state index in [0.29, 0.717) is 12.4 Å². The molecule has 0 fully saturated rings. The van der Waals surface area contributed by atoms with E-state index in [-0.39, 0.29) is 6.61 Å². The number of rotatable bonds is 13. The topological polar surface area (TPSA) is 89.8 Å². The molecular weight excluding hydrogens is 478 g/mol. The number of nitrogens with one attached hydrogen (secondary N) is 1. The van der Waals surface area contributed by atoms with Crippen LogP contribution in [0.4, 0.5) is 0 Å². The van der Waals surface area contributed by atoms with Crippen molar-refractivity contribution in [2.45, 2.75) is 32.9 Å². The number of aromatic nitrogens is 1. The van der Waals surface area contributed by atoms with Gasteiger partial charge < -0.3 is 24.9 Å². The molecule has 4 rings (SSSR count). The summed E-state index contributed by atoms with van der Waals surface area (Å²) in [5, 5.41) is 1.35. The van der Waals surface area contributed by atoms with Crippen LogP contribution in [-0.4, -0.2) is 49.7 Å². The molecule has 0 saturated heterocycles. The number of ether oxygens (including phenoxy) is 3. The smallest absolute Gasteiger partial charge is 0.255 e. The quantitative estimate of drug-likeness (QED) is 0.250. The van der Waals surface area contributed by atoms with Crippen LogP contribution in [0, 0.1) is 0 Å². The Balaban J connectivity index is 0.000000244. The second-order valence-corrected chi connectivity index (χ2v) is 8.98. The number of nitrogens with two attached hydrogens (primary N) is 1. The van der Waals surface area contributed by atoms with Crippen LogP contribution >= 0.6 is 0 Å². The second-order valence-electron chi connectivity index (χ2n) is 8.98. The number of H-pyrrole nitrogens is 1. The van der Waals surface area contributed by atoms with Crippen molar-refractivity contribution >= 4 is 16.8 Å². The van der Waals surface area contributed by atoms with Gasteiger partial charge in [0.25, 0.3) is 5.91 Å². The zero-order chi connectivity index (χ0) is 27.2. The molecule has 0 spiro atoms. The second kappa shape index (κ2) is 15.4. The lowest BCUT2D eigenvalue weighted by molar-refractivity contribution is -0.119. The van der Waals surface area contributed by atoms with E-state index in [4.69, 9.17) is 19.9 Å². The molecule has 1 amide bonds. The number of methoxy groups -OCH3 is 2. The first kappa shape index (κ1) is 28.8. The molecule has 38 heavy (non-hydrogen) atoms. The lowest BCUT2D eigenvalue weighted by atomic mass is 10.1. The Kier molecular flexibility index (Phi) is 11.7. The highest BCUT2D eigenvalue weighted by Crippen LogP contribution is 2.21. The van der Waals surface area contributed by atoms with E-state index < -0.39 is 5.91 Å². The lowest BCUT2D eigenvalue weighted by Crippen LogP contribution is -2.24. The number of hydrogen-bond acceptors (Lipinski definition) is 5. The van der Waals surface area contributed by atoms with Gasteiger partial charge in [-0.15, -0.1) is 0 Å². The van der Waals surface area contributed by atoms with E-state index in [2.05, 4.69) is 59.4 Å². The first-order valence-electron chi connectivity index (χ1n) is 12.9. The molecule has 0 aliphatic rings. The molecule has 1 aromatic heterocycles. The number of hydrogen-bond donors (Lipinski definition) is 2. The lowest BCUT2D eigenvalue weighted by Gasteiger charge is -2.21. The summed E-state index contributed by atoms with van der Waals surface area (Å²) in [6, 6.07) is 24.1. The van der Waals surface area contributed by atoms with Crippen molar-refractivity contribution in [2.75, 3.05) is 33.9 Å². The van der Waals surface area contributed by atoms with Crippen LogP contribution in [0.3, 0.4) is 0 Å². The van der Waals surface area contributed by atoms with Crippen molar-refractivity contribution in [2.24, 2.45) is 5.73 Å². The van der Waals surface area contributed by atoms with Crippen LogP contribution in [-0.2, 0) is 29.1 Å². The number of carbonyl (C=O) groups excluding carboxylic acids is 1.